The average Bonchev–Trinajstić information content (AvgIpc) is 2.87. The van der Waals surface area contributed by atoms with Crippen molar-refractivity contribution in [2.75, 3.05) is 85.7 Å². The Bertz CT molecular complexity index is 929. The molecular weight excluding hydrogens is 469 g/mol. The number of ether oxygens (including phenoxy) is 5. The Morgan fingerprint density at radius 2 is 0.943 bits per heavy atom. The number of fused-ring (bicyclic) bond motifs is 2. The van der Waals surface area contributed by atoms with Crippen molar-refractivity contribution in [3.63, 3.8) is 0 Å². The van der Waals surface area contributed by atoms with Crippen LogP contribution in [0.2, 0.25) is 0 Å². The van der Waals surface area contributed by atoms with Crippen molar-refractivity contribution in [1.82, 2.24) is 4.90 Å². The molecule has 0 saturated carbocycles. The van der Waals surface area contributed by atoms with Crippen LogP contribution in [-0.2, 0) is 30.1 Å². The molecule has 1 aliphatic rings. The molecule has 0 atom stereocenters. The summed E-state index contributed by atoms with van der Waals surface area (Å²) in [5.41, 5.74) is 1.42. The van der Waals surface area contributed by atoms with Crippen LogP contribution in [-0.4, -0.2) is 90.6 Å². The summed E-state index contributed by atoms with van der Waals surface area (Å²) in [6.45, 7) is 8.74. The van der Waals surface area contributed by atoms with Crippen molar-refractivity contribution in [3.8, 4) is 0 Å². The minimum atomic E-state index is 0. The van der Waals surface area contributed by atoms with Gasteiger partial charge in [-0.1, -0.05) is 48.5 Å². The van der Waals surface area contributed by atoms with Gasteiger partial charge < -0.3 is 23.7 Å². The van der Waals surface area contributed by atoms with Gasteiger partial charge in [0.25, 0.3) is 0 Å². The van der Waals surface area contributed by atoms with E-state index in [1.165, 1.54) is 27.1 Å². The summed E-state index contributed by atoms with van der Waals surface area (Å²) in [4.78, 5) is 2.44. The van der Waals surface area contributed by atoms with E-state index in [2.05, 4.69) is 59.5 Å². The third-order valence-electron chi connectivity index (χ3n) is 6.15. The summed E-state index contributed by atoms with van der Waals surface area (Å²) in [5, 5.41) is 5.28. The van der Waals surface area contributed by atoms with E-state index in [4.69, 9.17) is 23.7 Å². The first-order valence-corrected chi connectivity index (χ1v) is 12.4. The number of benzene rings is 3. The number of hydrogen-bond acceptors (Lipinski definition) is 6. The van der Waals surface area contributed by atoms with Gasteiger partial charge in [0, 0.05) is 19.6 Å². The molecule has 184 valence electrons. The van der Waals surface area contributed by atoms with E-state index >= 15 is 0 Å². The summed E-state index contributed by atoms with van der Waals surface area (Å²) in [5.74, 6) is 0. The van der Waals surface area contributed by atoms with Gasteiger partial charge in [-0.3, -0.25) is 4.90 Å². The maximum absolute atomic E-state index is 5.83. The van der Waals surface area contributed by atoms with Crippen LogP contribution in [0.5, 0.6) is 0 Å². The first kappa shape index (κ1) is 29.1. The summed E-state index contributed by atoms with van der Waals surface area (Å²) in [7, 11) is 0. The van der Waals surface area contributed by atoms with E-state index in [9.17, 15) is 0 Å². The predicted molar refractivity (Wildman–Crippen MR) is 136 cm³/mol. The van der Waals surface area contributed by atoms with Gasteiger partial charge in [0.05, 0.1) is 66.1 Å². The van der Waals surface area contributed by atoms with Gasteiger partial charge >= 0.3 is 51.4 Å². The topological polar surface area (TPSA) is 49.4 Å². The zero-order valence-electron chi connectivity index (χ0n) is 21.1. The van der Waals surface area contributed by atoms with E-state index < -0.39 is 0 Å². The molecule has 35 heavy (non-hydrogen) atoms. The van der Waals surface area contributed by atoms with Gasteiger partial charge in [-0.25, -0.2) is 0 Å². The summed E-state index contributed by atoms with van der Waals surface area (Å²) < 4.78 is 28.3. The van der Waals surface area contributed by atoms with E-state index in [1.54, 1.807) is 0 Å². The summed E-state index contributed by atoms with van der Waals surface area (Å²) in [6.07, 6.45) is 0.980. The van der Waals surface area contributed by atoms with Crippen LogP contribution in [0.25, 0.3) is 21.5 Å². The third-order valence-corrected chi connectivity index (χ3v) is 6.15. The summed E-state index contributed by atoms with van der Waals surface area (Å²) >= 11 is 0. The molecule has 0 spiro atoms. The van der Waals surface area contributed by atoms with Crippen LogP contribution < -0.4 is 51.4 Å². The van der Waals surface area contributed by atoms with E-state index in [-0.39, 0.29) is 51.4 Å². The van der Waals surface area contributed by atoms with Crippen molar-refractivity contribution in [3.05, 3.63) is 60.2 Å². The minimum absolute atomic E-state index is 0. The molecule has 0 amide bonds. The molecule has 0 radical (unpaired) electrons. The molecule has 0 N–H and O–H groups in total. The van der Waals surface area contributed by atoms with Gasteiger partial charge in [-0.15, -0.1) is 0 Å². The Morgan fingerprint density at radius 3 is 1.40 bits per heavy atom. The van der Waals surface area contributed by atoms with Gasteiger partial charge in [0.1, 0.15) is 0 Å². The zero-order chi connectivity index (χ0) is 23.3. The van der Waals surface area contributed by atoms with Crippen molar-refractivity contribution in [1.29, 1.82) is 0 Å². The fourth-order valence-electron chi connectivity index (χ4n) is 4.35. The van der Waals surface area contributed by atoms with Crippen LogP contribution in [0.1, 0.15) is 5.56 Å². The van der Waals surface area contributed by atoms with E-state index in [0.29, 0.717) is 66.1 Å². The molecule has 7 heteroatoms. The standard InChI is InChI=1S/C28H37NO5.K/c1-3-7-26-24(5-1)23-25-6-2-4-8-27(25)28(26)9-10-29-11-13-30-15-17-32-19-21-34-22-20-33-18-16-31-14-12-29;/h1-8,23H,9-22H2;/q;+1. The normalized spacial score (nSPS) is 18.5. The van der Waals surface area contributed by atoms with Crippen LogP contribution in [0.3, 0.4) is 0 Å². The molecule has 1 saturated heterocycles. The SMILES string of the molecule is [K+].c1ccc2c(CCN3CCOCCOCCOCCOCCOCC3)c3ccccc3cc2c1. The Labute approximate surface area is 251 Å². The Kier molecular flexibility index (Phi) is 14.3. The van der Waals surface area contributed by atoms with Crippen molar-refractivity contribution >= 4 is 21.5 Å². The minimum Gasteiger partial charge on any atom is -0.378 e. The zero-order valence-corrected chi connectivity index (χ0v) is 24.2. The quantitative estimate of drug-likeness (QED) is 0.389. The van der Waals surface area contributed by atoms with E-state index in [1.807, 2.05) is 0 Å². The maximum Gasteiger partial charge on any atom is 1.00 e. The van der Waals surface area contributed by atoms with Gasteiger partial charge in [-0.05, 0) is 39.6 Å². The van der Waals surface area contributed by atoms with Crippen LogP contribution >= 0.6 is 0 Å². The van der Waals surface area contributed by atoms with Gasteiger partial charge in [-0.2, -0.15) is 0 Å². The molecule has 1 fully saturated rings. The second kappa shape index (κ2) is 17.2. The molecule has 6 nitrogen and oxygen atoms in total. The van der Waals surface area contributed by atoms with Gasteiger partial charge in [0.15, 0.2) is 0 Å². The third kappa shape index (κ3) is 9.76. The molecule has 3 aromatic rings. The second-order valence-corrected chi connectivity index (χ2v) is 8.45. The second-order valence-electron chi connectivity index (χ2n) is 8.45. The van der Waals surface area contributed by atoms with Crippen molar-refractivity contribution in [2.45, 2.75) is 6.42 Å². The molecule has 0 aromatic heterocycles. The Balaban J connectivity index is 0.00000342. The first-order chi connectivity index (χ1) is 16.9. The molecule has 4 rings (SSSR count). The van der Waals surface area contributed by atoms with Crippen molar-refractivity contribution in [2.24, 2.45) is 0 Å². The Hall–Kier alpha value is -0.424. The fraction of sp³-hybridized carbons (Fsp3) is 0.500. The van der Waals surface area contributed by atoms with E-state index in [0.717, 1.165) is 26.1 Å². The first-order valence-electron chi connectivity index (χ1n) is 12.4. The fourth-order valence-corrected chi connectivity index (χ4v) is 4.35. The molecule has 0 aliphatic carbocycles. The van der Waals surface area contributed by atoms with Crippen molar-refractivity contribution < 1.29 is 75.1 Å². The number of rotatable bonds is 3. The predicted octanol–water partition coefficient (Wildman–Crippen LogP) is 0.938. The molecule has 3 aromatic carbocycles. The molecule has 0 bridgehead atoms. The van der Waals surface area contributed by atoms with Crippen LogP contribution in [0.4, 0.5) is 0 Å². The van der Waals surface area contributed by atoms with Crippen LogP contribution in [0.15, 0.2) is 54.6 Å². The molecule has 0 unspecified atom stereocenters. The molecule has 1 heterocycles. The maximum atomic E-state index is 5.83. The largest absolute Gasteiger partial charge is 1.00 e. The molecular formula is C28H37KNO5+. The molecule has 1 aliphatic heterocycles. The number of hydrogen-bond donors (Lipinski definition) is 0. The smallest absolute Gasteiger partial charge is 0.378 e. The summed E-state index contributed by atoms with van der Waals surface area (Å²) in [6, 6.07) is 19.7. The number of nitrogens with zero attached hydrogens (tertiary/aromatic N) is 1. The van der Waals surface area contributed by atoms with Crippen LogP contribution in [0, 0.1) is 0 Å². The Morgan fingerprint density at radius 1 is 0.543 bits per heavy atom. The van der Waals surface area contributed by atoms with Gasteiger partial charge in [0.2, 0.25) is 0 Å². The average molecular weight is 507 g/mol. The monoisotopic (exact) mass is 506 g/mol.